The molecule has 0 aromatic rings. The van der Waals surface area contributed by atoms with Crippen LogP contribution in [0.1, 0.15) is 85.0 Å². The summed E-state index contributed by atoms with van der Waals surface area (Å²) >= 11 is 0. The lowest BCUT2D eigenvalue weighted by Gasteiger charge is -2.17. The normalized spacial score (nSPS) is 17.2. The molecular formula is C24H37NO5. The Kier molecular flexibility index (Phi) is 13.2. The van der Waals surface area contributed by atoms with E-state index < -0.39 is 24.1 Å². The Bertz CT molecular complexity index is 636. The third kappa shape index (κ3) is 11.6. The Balaban J connectivity index is 2.32. The first-order chi connectivity index (χ1) is 14.4. The molecule has 0 bridgehead atoms. The minimum atomic E-state index is -0.736. The fraction of sp³-hybridized carbons (Fsp3) is 0.625. The fourth-order valence-corrected chi connectivity index (χ4v) is 3.16. The van der Waals surface area contributed by atoms with Crippen LogP contribution in [0.25, 0.3) is 0 Å². The van der Waals surface area contributed by atoms with Crippen LogP contribution in [0.15, 0.2) is 36.1 Å². The summed E-state index contributed by atoms with van der Waals surface area (Å²) in [6, 6.07) is 0. The van der Waals surface area contributed by atoms with Crippen LogP contribution >= 0.6 is 0 Å². The minimum absolute atomic E-state index is 0.0789. The molecule has 6 nitrogen and oxygen atoms in total. The predicted octanol–water partition coefficient (Wildman–Crippen LogP) is 4.90. The van der Waals surface area contributed by atoms with E-state index in [0.717, 1.165) is 25.7 Å². The van der Waals surface area contributed by atoms with Crippen molar-refractivity contribution in [3.63, 3.8) is 0 Å². The van der Waals surface area contributed by atoms with Crippen molar-refractivity contribution >= 4 is 17.8 Å². The summed E-state index contributed by atoms with van der Waals surface area (Å²) in [5.74, 6) is -1.44. The third-order valence-corrected chi connectivity index (χ3v) is 4.69. The van der Waals surface area contributed by atoms with Crippen molar-refractivity contribution in [2.75, 3.05) is 0 Å². The van der Waals surface area contributed by atoms with Crippen molar-refractivity contribution in [1.29, 1.82) is 0 Å². The average molecular weight is 420 g/mol. The first-order valence-electron chi connectivity index (χ1n) is 11.1. The molecule has 0 radical (unpaired) electrons. The first kappa shape index (κ1) is 25.7. The maximum Gasteiger partial charge on any atom is 0.355 e. The standard InChI is InChI=1S/C24H37NO5/c1-4-5-6-7-8-9-10-11-12-13-14-15-16-17-22(29-20(3)27)23-18-21(24(28)30-23)25-19(2)26/h10-11,16-18,22-23H,4-9,12-15H2,1-3H3,(H,25,26)/b11-10+,17-16+. The molecule has 1 aliphatic heterocycles. The summed E-state index contributed by atoms with van der Waals surface area (Å²) in [7, 11) is 0. The Hall–Kier alpha value is -2.37. The van der Waals surface area contributed by atoms with Gasteiger partial charge in [0.15, 0.2) is 12.2 Å². The number of cyclic esters (lactones) is 1. The van der Waals surface area contributed by atoms with Crippen LogP contribution < -0.4 is 5.32 Å². The van der Waals surface area contributed by atoms with Crippen LogP contribution in [-0.2, 0) is 23.9 Å². The molecule has 0 aromatic heterocycles. The monoisotopic (exact) mass is 419 g/mol. The van der Waals surface area contributed by atoms with E-state index in [2.05, 4.69) is 24.4 Å². The number of carbonyl (C=O) groups excluding carboxylic acids is 3. The largest absolute Gasteiger partial charge is 0.454 e. The van der Waals surface area contributed by atoms with Gasteiger partial charge in [-0.15, -0.1) is 0 Å². The zero-order valence-electron chi connectivity index (χ0n) is 18.7. The van der Waals surface area contributed by atoms with Gasteiger partial charge in [-0.25, -0.2) is 4.79 Å². The molecule has 1 rings (SSSR count). The number of nitrogens with one attached hydrogen (secondary N) is 1. The first-order valence-corrected chi connectivity index (χ1v) is 11.1. The maximum atomic E-state index is 11.8. The molecule has 2 atom stereocenters. The van der Waals surface area contributed by atoms with Gasteiger partial charge < -0.3 is 14.8 Å². The molecule has 168 valence electrons. The van der Waals surface area contributed by atoms with Crippen LogP contribution in [0.3, 0.4) is 0 Å². The van der Waals surface area contributed by atoms with E-state index in [4.69, 9.17) is 9.47 Å². The van der Waals surface area contributed by atoms with Gasteiger partial charge in [0.2, 0.25) is 5.91 Å². The Morgan fingerprint density at radius 3 is 2.23 bits per heavy atom. The number of unbranched alkanes of at least 4 members (excludes halogenated alkanes) is 8. The quantitative estimate of drug-likeness (QED) is 0.232. The van der Waals surface area contributed by atoms with Crippen molar-refractivity contribution in [3.8, 4) is 0 Å². The molecule has 0 saturated heterocycles. The number of allylic oxidation sites excluding steroid dienone is 3. The molecule has 1 aliphatic rings. The summed E-state index contributed by atoms with van der Waals surface area (Å²) in [4.78, 5) is 34.4. The van der Waals surface area contributed by atoms with Gasteiger partial charge in [-0.3, -0.25) is 9.59 Å². The van der Waals surface area contributed by atoms with Gasteiger partial charge in [0.25, 0.3) is 0 Å². The summed E-state index contributed by atoms with van der Waals surface area (Å²) in [6.07, 6.45) is 20.1. The van der Waals surface area contributed by atoms with Crippen molar-refractivity contribution in [3.05, 3.63) is 36.1 Å². The van der Waals surface area contributed by atoms with Crippen LogP contribution in [0.4, 0.5) is 0 Å². The number of hydrogen-bond acceptors (Lipinski definition) is 5. The molecule has 6 heteroatoms. The molecule has 2 unspecified atom stereocenters. The van der Waals surface area contributed by atoms with Crippen LogP contribution in [-0.4, -0.2) is 30.1 Å². The molecule has 0 spiro atoms. The minimum Gasteiger partial charge on any atom is -0.454 e. The number of carbonyl (C=O) groups is 3. The smallest absolute Gasteiger partial charge is 0.355 e. The van der Waals surface area contributed by atoms with E-state index in [1.54, 1.807) is 6.08 Å². The van der Waals surface area contributed by atoms with Gasteiger partial charge in [0.05, 0.1) is 0 Å². The molecule has 1 N–H and O–H groups in total. The van der Waals surface area contributed by atoms with Gasteiger partial charge in [-0.2, -0.15) is 0 Å². The SMILES string of the molecule is CCCCCCC/C=C/CCCC/C=C/C(OC(C)=O)C1C=C(NC(C)=O)C(=O)O1. The van der Waals surface area contributed by atoms with Gasteiger partial charge in [-0.05, 0) is 50.7 Å². The molecule has 0 aromatic carbocycles. The second-order valence-corrected chi connectivity index (χ2v) is 7.59. The van der Waals surface area contributed by atoms with Crippen molar-refractivity contribution < 1.29 is 23.9 Å². The Labute approximate surface area is 180 Å². The summed E-state index contributed by atoms with van der Waals surface area (Å²) < 4.78 is 10.5. The van der Waals surface area contributed by atoms with Crippen LogP contribution in [0, 0.1) is 0 Å². The lowest BCUT2D eigenvalue weighted by atomic mass is 10.1. The highest BCUT2D eigenvalue weighted by Gasteiger charge is 2.32. The van der Waals surface area contributed by atoms with Gasteiger partial charge >= 0.3 is 11.9 Å². The fourth-order valence-electron chi connectivity index (χ4n) is 3.16. The topological polar surface area (TPSA) is 81.7 Å². The zero-order chi connectivity index (χ0) is 22.2. The highest BCUT2D eigenvalue weighted by Crippen LogP contribution is 2.19. The lowest BCUT2D eigenvalue weighted by Crippen LogP contribution is -2.28. The Morgan fingerprint density at radius 2 is 1.63 bits per heavy atom. The van der Waals surface area contributed by atoms with E-state index in [1.807, 2.05) is 6.08 Å². The number of rotatable bonds is 15. The Morgan fingerprint density at radius 1 is 1.03 bits per heavy atom. The van der Waals surface area contributed by atoms with E-state index in [1.165, 1.54) is 58.4 Å². The second-order valence-electron chi connectivity index (χ2n) is 7.59. The summed E-state index contributed by atoms with van der Waals surface area (Å²) in [6.45, 7) is 4.86. The lowest BCUT2D eigenvalue weighted by molar-refractivity contribution is -0.155. The van der Waals surface area contributed by atoms with E-state index in [9.17, 15) is 14.4 Å². The molecule has 1 heterocycles. The van der Waals surface area contributed by atoms with E-state index in [0.29, 0.717) is 0 Å². The van der Waals surface area contributed by atoms with Gasteiger partial charge in [0, 0.05) is 13.8 Å². The van der Waals surface area contributed by atoms with Gasteiger partial charge in [-0.1, -0.05) is 50.8 Å². The zero-order valence-corrected chi connectivity index (χ0v) is 18.7. The van der Waals surface area contributed by atoms with Crippen LogP contribution in [0.2, 0.25) is 0 Å². The number of ether oxygens (including phenoxy) is 2. The summed E-state index contributed by atoms with van der Waals surface area (Å²) in [5.41, 5.74) is 0.0789. The average Bonchev–Trinajstić information content (AvgIpc) is 3.04. The molecule has 0 aliphatic carbocycles. The van der Waals surface area contributed by atoms with Crippen molar-refractivity contribution in [1.82, 2.24) is 5.32 Å². The second kappa shape index (κ2) is 15.5. The number of esters is 2. The predicted molar refractivity (Wildman–Crippen MR) is 117 cm³/mol. The third-order valence-electron chi connectivity index (χ3n) is 4.69. The molecule has 0 fully saturated rings. The van der Waals surface area contributed by atoms with E-state index in [-0.39, 0.29) is 11.6 Å². The highest BCUT2D eigenvalue weighted by molar-refractivity contribution is 5.95. The van der Waals surface area contributed by atoms with E-state index >= 15 is 0 Å². The van der Waals surface area contributed by atoms with Crippen molar-refractivity contribution in [2.24, 2.45) is 0 Å². The summed E-state index contributed by atoms with van der Waals surface area (Å²) in [5, 5.41) is 2.42. The highest BCUT2D eigenvalue weighted by atomic mass is 16.6. The van der Waals surface area contributed by atoms with Gasteiger partial charge in [0.1, 0.15) is 5.70 Å². The maximum absolute atomic E-state index is 11.8. The molecular weight excluding hydrogens is 382 g/mol. The molecule has 0 saturated carbocycles. The number of amides is 1. The van der Waals surface area contributed by atoms with Crippen LogP contribution in [0.5, 0.6) is 0 Å². The number of hydrogen-bond donors (Lipinski definition) is 1. The molecule has 1 amide bonds. The van der Waals surface area contributed by atoms with Crippen molar-refractivity contribution in [2.45, 2.75) is 97.2 Å². The molecule has 30 heavy (non-hydrogen) atoms.